The van der Waals surface area contributed by atoms with Crippen LogP contribution in [0.15, 0.2) is 24.5 Å². The van der Waals surface area contributed by atoms with E-state index in [9.17, 15) is 4.79 Å². The minimum atomic E-state index is 0.0788. The van der Waals surface area contributed by atoms with Gasteiger partial charge in [0.15, 0.2) is 0 Å². The molecule has 1 aliphatic heterocycles. The molecule has 0 spiro atoms. The molecular formula is C23H24N6OS2. The van der Waals surface area contributed by atoms with E-state index in [4.69, 9.17) is 0 Å². The molecule has 0 unspecified atom stereocenters. The first-order valence-electron chi connectivity index (χ1n) is 11.0. The van der Waals surface area contributed by atoms with Crippen molar-refractivity contribution >= 4 is 60.7 Å². The van der Waals surface area contributed by atoms with Crippen LogP contribution in [-0.4, -0.2) is 43.5 Å². The third kappa shape index (κ3) is 3.44. The summed E-state index contributed by atoms with van der Waals surface area (Å²) in [6.07, 6.45) is 5.30. The van der Waals surface area contributed by atoms with Gasteiger partial charge in [0.2, 0.25) is 5.91 Å². The number of likely N-dealkylation sites (tertiary alicyclic amines) is 1. The zero-order valence-corrected chi connectivity index (χ0v) is 19.7. The molecule has 1 fully saturated rings. The number of fused-ring (bicyclic) bond motifs is 4. The van der Waals surface area contributed by atoms with Crippen LogP contribution in [0.25, 0.3) is 20.4 Å². The van der Waals surface area contributed by atoms with Gasteiger partial charge in [-0.2, -0.15) is 0 Å². The van der Waals surface area contributed by atoms with Gasteiger partial charge in [0.25, 0.3) is 0 Å². The molecule has 164 valence electrons. The van der Waals surface area contributed by atoms with Gasteiger partial charge in [-0.05, 0) is 66.4 Å². The standard InChI is InChI=1S/C23H24N6OS2/c1-23(2)7-8-29(11-23)22(30)13-3-5-15-17(9-13)31-21-19(15)20(24-12-25-21)26-14-4-6-16-18(10-14)32-28-27-16/h4,6,10,12-13H,3,5,7-9,11H2,1-2H3,(H,24,25,26)/t13-/m0/s1. The fourth-order valence-electron chi connectivity index (χ4n) is 4.97. The molecule has 1 N–H and O–H groups in total. The van der Waals surface area contributed by atoms with Crippen molar-refractivity contribution < 1.29 is 4.79 Å². The van der Waals surface area contributed by atoms with Crippen LogP contribution in [0.4, 0.5) is 11.5 Å². The molecule has 1 aromatic carbocycles. The van der Waals surface area contributed by atoms with Crippen molar-refractivity contribution in [2.45, 2.75) is 39.5 Å². The lowest BCUT2D eigenvalue weighted by Gasteiger charge is -2.27. The summed E-state index contributed by atoms with van der Waals surface area (Å²) >= 11 is 3.10. The highest BCUT2D eigenvalue weighted by Crippen LogP contribution is 2.41. The van der Waals surface area contributed by atoms with Gasteiger partial charge in [0.1, 0.15) is 22.5 Å². The van der Waals surface area contributed by atoms with Crippen molar-refractivity contribution in [1.29, 1.82) is 0 Å². The van der Waals surface area contributed by atoms with Gasteiger partial charge in [-0.1, -0.05) is 18.3 Å². The lowest BCUT2D eigenvalue weighted by molar-refractivity contribution is -0.135. The number of amides is 1. The Morgan fingerprint density at radius 3 is 3.03 bits per heavy atom. The Hall–Kier alpha value is -2.65. The van der Waals surface area contributed by atoms with Crippen molar-refractivity contribution in [3.8, 4) is 0 Å². The smallest absolute Gasteiger partial charge is 0.226 e. The number of anilines is 2. The van der Waals surface area contributed by atoms with E-state index in [2.05, 4.69) is 49.7 Å². The number of aromatic nitrogens is 4. The number of nitrogens with zero attached hydrogens (tertiary/aromatic N) is 5. The normalized spacial score (nSPS) is 20.1. The molecule has 0 radical (unpaired) electrons. The molecule has 1 aliphatic carbocycles. The molecular weight excluding hydrogens is 440 g/mol. The van der Waals surface area contributed by atoms with Gasteiger partial charge in [0, 0.05) is 29.6 Å². The summed E-state index contributed by atoms with van der Waals surface area (Å²) in [7, 11) is 0. The Labute approximate surface area is 194 Å². The summed E-state index contributed by atoms with van der Waals surface area (Å²) in [5, 5.41) is 8.69. The van der Waals surface area contributed by atoms with E-state index >= 15 is 0 Å². The Morgan fingerprint density at radius 2 is 2.19 bits per heavy atom. The highest BCUT2D eigenvalue weighted by atomic mass is 32.1. The molecule has 0 saturated carbocycles. The van der Waals surface area contributed by atoms with Crippen molar-refractivity contribution in [2.75, 3.05) is 18.4 Å². The molecule has 4 aromatic rings. The largest absolute Gasteiger partial charge is 0.342 e. The first kappa shape index (κ1) is 20.0. The average molecular weight is 465 g/mol. The van der Waals surface area contributed by atoms with Crippen LogP contribution in [0.3, 0.4) is 0 Å². The van der Waals surface area contributed by atoms with E-state index in [1.807, 2.05) is 12.1 Å². The van der Waals surface area contributed by atoms with Gasteiger partial charge in [-0.25, -0.2) is 9.97 Å². The summed E-state index contributed by atoms with van der Waals surface area (Å²) in [5.41, 5.74) is 3.41. The maximum atomic E-state index is 13.2. The predicted molar refractivity (Wildman–Crippen MR) is 129 cm³/mol. The fourth-order valence-corrected chi connectivity index (χ4v) is 6.83. The molecule has 1 atom stereocenters. The van der Waals surface area contributed by atoms with Gasteiger partial charge >= 0.3 is 0 Å². The molecule has 9 heteroatoms. The number of aryl methyl sites for hydroxylation is 1. The third-order valence-corrected chi connectivity index (χ3v) is 8.54. The van der Waals surface area contributed by atoms with Crippen LogP contribution in [0.2, 0.25) is 0 Å². The molecule has 4 heterocycles. The number of nitrogens with one attached hydrogen (secondary N) is 1. The number of carbonyl (C=O) groups excluding carboxylic acids is 1. The van der Waals surface area contributed by atoms with Crippen molar-refractivity contribution in [2.24, 2.45) is 11.3 Å². The van der Waals surface area contributed by atoms with E-state index in [-0.39, 0.29) is 11.3 Å². The van der Waals surface area contributed by atoms with Crippen LogP contribution >= 0.6 is 22.9 Å². The van der Waals surface area contributed by atoms with Crippen LogP contribution in [0.5, 0.6) is 0 Å². The summed E-state index contributed by atoms with van der Waals surface area (Å²) < 4.78 is 5.06. The number of rotatable bonds is 3. The van der Waals surface area contributed by atoms with Crippen LogP contribution in [0, 0.1) is 11.3 Å². The average Bonchev–Trinajstić information content (AvgIpc) is 3.48. The molecule has 2 aliphatic rings. The number of carbonyl (C=O) groups is 1. The molecule has 6 rings (SSSR count). The van der Waals surface area contributed by atoms with E-state index in [1.165, 1.54) is 22.0 Å². The summed E-state index contributed by atoms with van der Waals surface area (Å²) in [4.78, 5) is 26.7. The van der Waals surface area contributed by atoms with E-state index < -0.39 is 0 Å². The summed E-state index contributed by atoms with van der Waals surface area (Å²) in [6.45, 7) is 6.27. The van der Waals surface area contributed by atoms with Gasteiger partial charge in [-0.3, -0.25) is 4.79 Å². The Bertz CT molecular complexity index is 1340. The zero-order valence-electron chi connectivity index (χ0n) is 18.1. The number of hydrogen-bond acceptors (Lipinski definition) is 8. The molecule has 1 saturated heterocycles. The molecule has 7 nitrogen and oxygen atoms in total. The lowest BCUT2D eigenvalue weighted by Crippen LogP contribution is -2.37. The lowest BCUT2D eigenvalue weighted by atomic mass is 9.86. The van der Waals surface area contributed by atoms with Crippen LogP contribution in [-0.2, 0) is 17.6 Å². The molecule has 0 bridgehead atoms. The van der Waals surface area contributed by atoms with E-state index in [1.54, 1.807) is 17.7 Å². The fraction of sp³-hybridized carbons (Fsp3) is 0.435. The van der Waals surface area contributed by atoms with E-state index in [0.29, 0.717) is 5.91 Å². The monoisotopic (exact) mass is 464 g/mol. The minimum Gasteiger partial charge on any atom is -0.342 e. The summed E-state index contributed by atoms with van der Waals surface area (Å²) in [5.74, 6) is 1.24. The quantitative estimate of drug-likeness (QED) is 0.469. The van der Waals surface area contributed by atoms with E-state index in [0.717, 1.165) is 70.7 Å². The van der Waals surface area contributed by atoms with Gasteiger partial charge < -0.3 is 10.2 Å². The van der Waals surface area contributed by atoms with Crippen LogP contribution in [0.1, 0.15) is 37.1 Å². The topological polar surface area (TPSA) is 83.9 Å². The molecule has 1 amide bonds. The van der Waals surface area contributed by atoms with Crippen molar-refractivity contribution in [1.82, 2.24) is 24.5 Å². The molecule has 3 aromatic heterocycles. The zero-order chi connectivity index (χ0) is 21.9. The SMILES string of the molecule is CC1(C)CCN(C(=O)[C@H]2CCc3c(sc4ncnc(Nc5ccc6nnsc6c5)c34)C2)C1. The first-order valence-corrected chi connectivity index (χ1v) is 12.6. The van der Waals surface area contributed by atoms with Crippen LogP contribution < -0.4 is 5.32 Å². The Morgan fingerprint density at radius 1 is 1.28 bits per heavy atom. The second-order valence-corrected chi connectivity index (χ2v) is 11.5. The third-order valence-electron chi connectivity index (χ3n) is 6.69. The Kier molecular flexibility index (Phi) is 4.65. The maximum Gasteiger partial charge on any atom is 0.226 e. The Balaban J connectivity index is 1.28. The maximum absolute atomic E-state index is 13.2. The van der Waals surface area contributed by atoms with Gasteiger partial charge in [0.05, 0.1) is 10.1 Å². The predicted octanol–water partition coefficient (Wildman–Crippen LogP) is 4.80. The number of thiophene rings is 1. The molecule has 32 heavy (non-hydrogen) atoms. The van der Waals surface area contributed by atoms with Crippen molar-refractivity contribution in [3.63, 3.8) is 0 Å². The first-order chi connectivity index (χ1) is 15.5. The second kappa shape index (κ2) is 7.45. The minimum absolute atomic E-state index is 0.0788. The highest BCUT2D eigenvalue weighted by Gasteiger charge is 2.37. The van der Waals surface area contributed by atoms with Crippen molar-refractivity contribution in [3.05, 3.63) is 35.0 Å². The van der Waals surface area contributed by atoms with Gasteiger partial charge in [-0.15, -0.1) is 16.4 Å². The number of benzene rings is 1. The number of hydrogen-bond donors (Lipinski definition) is 1. The highest BCUT2D eigenvalue weighted by molar-refractivity contribution is 7.19. The second-order valence-electron chi connectivity index (χ2n) is 9.60. The summed E-state index contributed by atoms with van der Waals surface area (Å²) in [6, 6.07) is 6.03.